The molecule has 2 aromatic rings. The summed E-state index contributed by atoms with van der Waals surface area (Å²) in [6.07, 6.45) is 0. The maximum Gasteiger partial charge on any atom is 0.258 e. The molecular weight excluding hydrogens is 312 g/mol. The van der Waals surface area contributed by atoms with Crippen LogP contribution in [0, 0.1) is 11.6 Å². The number of nitrogens with one attached hydrogen (secondary N) is 2. The summed E-state index contributed by atoms with van der Waals surface area (Å²) in [6.45, 7) is 4.20. The van der Waals surface area contributed by atoms with Crippen LogP contribution in [0.1, 0.15) is 10.4 Å². The normalized spacial score (nSPS) is 15.4. The molecular formula is C18H20F2N3O+. The van der Waals surface area contributed by atoms with Gasteiger partial charge in [-0.15, -0.1) is 0 Å². The lowest BCUT2D eigenvalue weighted by Gasteiger charge is -2.31. The Kier molecular flexibility index (Phi) is 4.76. The molecule has 1 heterocycles. The van der Waals surface area contributed by atoms with Gasteiger partial charge in [0.05, 0.1) is 38.8 Å². The first kappa shape index (κ1) is 16.4. The fourth-order valence-electron chi connectivity index (χ4n) is 2.77. The van der Waals surface area contributed by atoms with Gasteiger partial charge in [-0.1, -0.05) is 0 Å². The van der Waals surface area contributed by atoms with E-state index in [0.717, 1.165) is 44.0 Å². The van der Waals surface area contributed by atoms with E-state index in [2.05, 4.69) is 17.3 Å². The Morgan fingerprint density at radius 1 is 1.08 bits per heavy atom. The van der Waals surface area contributed by atoms with Gasteiger partial charge in [0.1, 0.15) is 11.6 Å². The Labute approximate surface area is 139 Å². The Morgan fingerprint density at radius 2 is 1.75 bits per heavy atom. The van der Waals surface area contributed by atoms with Crippen LogP contribution in [-0.4, -0.2) is 39.1 Å². The van der Waals surface area contributed by atoms with E-state index in [1.165, 1.54) is 4.90 Å². The maximum absolute atomic E-state index is 13.6. The number of halogens is 2. The van der Waals surface area contributed by atoms with Crippen LogP contribution in [0.3, 0.4) is 0 Å². The Bertz CT molecular complexity index is 726. The lowest BCUT2D eigenvalue weighted by molar-refractivity contribution is -0.880. The highest BCUT2D eigenvalue weighted by molar-refractivity contribution is 6.04. The topological polar surface area (TPSA) is 36.8 Å². The van der Waals surface area contributed by atoms with E-state index in [1.54, 1.807) is 12.1 Å². The van der Waals surface area contributed by atoms with E-state index in [1.807, 2.05) is 12.1 Å². The number of nitrogens with zero attached hydrogens (tertiary/aromatic N) is 1. The molecule has 2 N–H and O–H groups in total. The average molecular weight is 332 g/mol. The van der Waals surface area contributed by atoms with Gasteiger partial charge in [-0.05, 0) is 36.4 Å². The van der Waals surface area contributed by atoms with Crippen molar-refractivity contribution in [2.24, 2.45) is 0 Å². The molecule has 1 aliphatic heterocycles. The zero-order valence-electron chi connectivity index (χ0n) is 13.5. The lowest BCUT2D eigenvalue weighted by Crippen LogP contribution is -3.12. The standard InChI is InChI=1S/C18H19F2N3O/c1-22-8-10-23(11-9-22)15-5-3-14(4-6-15)21-18(24)16-7-2-13(19)12-17(16)20/h2-7,12H,8-11H2,1H3,(H,21,24)/p+1. The molecule has 2 aromatic carbocycles. The first-order valence-electron chi connectivity index (χ1n) is 7.95. The van der Waals surface area contributed by atoms with Crippen LogP contribution >= 0.6 is 0 Å². The highest BCUT2D eigenvalue weighted by Gasteiger charge is 2.17. The van der Waals surface area contributed by atoms with Crippen molar-refractivity contribution in [1.29, 1.82) is 0 Å². The number of hydrogen-bond acceptors (Lipinski definition) is 2. The van der Waals surface area contributed by atoms with Crippen molar-refractivity contribution in [3.63, 3.8) is 0 Å². The zero-order chi connectivity index (χ0) is 17.1. The Morgan fingerprint density at radius 3 is 2.38 bits per heavy atom. The molecule has 1 amide bonds. The van der Waals surface area contributed by atoms with Crippen LogP contribution in [0.15, 0.2) is 42.5 Å². The van der Waals surface area contributed by atoms with E-state index < -0.39 is 17.5 Å². The van der Waals surface area contributed by atoms with Gasteiger partial charge in [-0.2, -0.15) is 0 Å². The molecule has 1 aliphatic rings. The van der Waals surface area contributed by atoms with E-state index in [0.29, 0.717) is 11.8 Å². The second-order valence-corrected chi connectivity index (χ2v) is 6.07. The molecule has 3 rings (SSSR count). The van der Waals surface area contributed by atoms with Gasteiger partial charge in [0.25, 0.3) is 5.91 Å². The number of carbonyl (C=O) groups excluding carboxylic acids is 1. The number of benzene rings is 2. The third kappa shape index (κ3) is 3.71. The fourth-order valence-corrected chi connectivity index (χ4v) is 2.77. The minimum Gasteiger partial charge on any atom is -0.360 e. The van der Waals surface area contributed by atoms with Crippen LogP contribution in [0.25, 0.3) is 0 Å². The van der Waals surface area contributed by atoms with Crippen molar-refractivity contribution < 1.29 is 18.5 Å². The lowest BCUT2D eigenvalue weighted by atomic mass is 10.2. The number of amides is 1. The van der Waals surface area contributed by atoms with Crippen molar-refractivity contribution >= 4 is 17.3 Å². The number of likely N-dealkylation sites (N-methyl/N-ethyl adjacent to an activating group) is 1. The van der Waals surface area contributed by atoms with Crippen LogP contribution < -0.4 is 15.1 Å². The van der Waals surface area contributed by atoms with Gasteiger partial charge in [0, 0.05) is 17.4 Å². The molecule has 1 saturated heterocycles. The summed E-state index contributed by atoms with van der Waals surface area (Å²) in [6, 6.07) is 10.4. The van der Waals surface area contributed by atoms with Gasteiger partial charge < -0.3 is 15.1 Å². The van der Waals surface area contributed by atoms with Crippen LogP contribution in [0.2, 0.25) is 0 Å². The smallest absolute Gasteiger partial charge is 0.258 e. The third-order valence-electron chi connectivity index (χ3n) is 4.28. The molecule has 126 valence electrons. The van der Waals surface area contributed by atoms with Gasteiger partial charge in [-0.3, -0.25) is 4.79 Å². The zero-order valence-corrected chi connectivity index (χ0v) is 13.5. The molecule has 0 atom stereocenters. The summed E-state index contributed by atoms with van der Waals surface area (Å²) >= 11 is 0. The molecule has 0 aliphatic carbocycles. The molecule has 0 unspecified atom stereocenters. The van der Waals surface area contributed by atoms with Crippen LogP contribution in [0.5, 0.6) is 0 Å². The van der Waals surface area contributed by atoms with Gasteiger partial charge in [0.2, 0.25) is 0 Å². The summed E-state index contributed by atoms with van der Waals surface area (Å²) < 4.78 is 26.5. The van der Waals surface area contributed by atoms with E-state index in [4.69, 9.17) is 0 Å². The molecule has 4 nitrogen and oxygen atoms in total. The SMILES string of the molecule is C[NH+]1CCN(c2ccc(NC(=O)c3ccc(F)cc3F)cc2)CC1. The summed E-state index contributed by atoms with van der Waals surface area (Å²) in [4.78, 5) is 15.9. The van der Waals surface area contributed by atoms with Gasteiger partial charge in [-0.25, -0.2) is 8.78 Å². The molecule has 24 heavy (non-hydrogen) atoms. The molecule has 6 heteroatoms. The highest BCUT2D eigenvalue weighted by Crippen LogP contribution is 2.19. The van der Waals surface area contributed by atoms with E-state index >= 15 is 0 Å². The molecule has 1 fully saturated rings. The Hall–Kier alpha value is -2.47. The number of piperazine rings is 1. The average Bonchev–Trinajstić information content (AvgIpc) is 2.56. The number of anilines is 2. The first-order valence-corrected chi connectivity index (χ1v) is 7.95. The quantitative estimate of drug-likeness (QED) is 0.895. The van der Waals surface area contributed by atoms with Crippen molar-refractivity contribution in [1.82, 2.24) is 0 Å². The highest BCUT2D eigenvalue weighted by atomic mass is 19.1. The molecule has 0 radical (unpaired) electrons. The van der Waals surface area contributed by atoms with Gasteiger partial charge in [0.15, 0.2) is 0 Å². The largest absolute Gasteiger partial charge is 0.360 e. The maximum atomic E-state index is 13.6. The predicted molar refractivity (Wildman–Crippen MR) is 89.6 cm³/mol. The summed E-state index contributed by atoms with van der Waals surface area (Å²) in [5.41, 5.74) is 1.50. The van der Waals surface area contributed by atoms with Crippen molar-refractivity contribution in [2.75, 3.05) is 43.4 Å². The molecule has 0 saturated carbocycles. The van der Waals surface area contributed by atoms with Crippen molar-refractivity contribution in [2.45, 2.75) is 0 Å². The second-order valence-electron chi connectivity index (χ2n) is 6.07. The number of carbonyl (C=O) groups is 1. The van der Waals surface area contributed by atoms with Crippen LogP contribution in [-0.2, 0) is 0 Å². The molecule has 0 bridgehead atoms. The first-order chi connectivity index (χ1) is 11.5. The predicted octanol–water partition coefficient (Wildman–Crippen LogP) is 1.55. The number of quaternary nitrogens is 1. The summed E-state index contributed by atoms with van der Waals surface area (Å²) in [7, 11) is 2.19. The monoisotopic (exact) mass is 332 g/mol. The number of rotatable bonds is 3. The number of hydrogen-bond donors (Lipinski definition) is 2. The second kappa shape index (κ2) is 6.97. The van der Waals surface area contributed by atoms with Crippen molar-refractivity contribution in [3.05, 3.63) is 59.7 Å². The third-order valence-corrected chi connectivity index (χ3v) is 4.28. The summed E-state index contributed by atoms with van der Waals surface area (Å²) in [5, 5.41) is 2.63. The molecule has 0 aromatic heterocycles. The summed E-state index contributed by atoms with van der Waals surface area (Å²) in [5.74, 6) is -2.17. The minimum absolute atomic E-state index is 0.178. The van der Waals surface area contributed by atoms with Crippen molar-refractivity contribution in [3.8, 4) is 0 Å². The molecule has 0 spiro atoms. The minimum atomic E-state index is -0.871. The van der Waals surface area contributed by atoms with E-state index in [9.17, 15) is 13.6 Å². The van der Waals surface area contributed by atoms with E-state index in [-0.39, 0.29) is 5.56 Å². The van der Waals surface area contributed by atoms with Crippen LogP contribution in [0.4, 0.5) is 20.2 Å². The fraction of sp³-hybridized carbons (Fsp3) is 0.278. The Balaban J connectivity index is 1.66. The van der Waals surface area contributed by atoms with Gasteiger partial charge >= 0.3 is 0 Å².